The third kappa shape index (κ3) is 2.68. The van der Waals surface area contributed by atoms with Crippen LogP contribution in [0.3, 0.4) is 0 Å². The maximum Gasteiger partial charge on any atom is 0.146 e. The predicted molar refractivity (Wildman–Crippen MR) is 71.2 cm³/mol. The Labute approximate surface area is 112 Å². The van der Waals surface area contributed by atoms with Crippen LogP contribution >= 0.6 is 11.6 Å². The SMILES string of the molecule is CC(C)CN1CCC(O)C1c1cccc(Cl)c1F. The summed E-state index contributed by atoms with van der Waals surface area (Å²) in [5.74, 6) is 0.0823. The number of rotatable bonds is 3. The van der Waals surface area contributed by atoms with E-state index in [0.717, 1.165) is 13.1 Å². The van der Waals surface area contributed by atoms with E-state index in [1.165, 1.54) is 6.07 Å². The molecule has 1 N–H and O–H groups in total. The normalized spacial score (nSPS) is 25.0. The van der Waals surface area contributed by atoms with Crippen LogP contribution in [0.5, 0.6) is 0 Å². The van der Waals surface area contributed by atoms with Crippen LogP contribution in [-0.4, -0.2) is 29.2 Å². The van der Waals surface area contributed by atoms with Crippen LogP contribution in [0.1, 0.15) is 31.9 Å². The topological polar surface area (TPSA) is 23.5 Å². The summed E-state index contributed by atoms with van der Waals surface area (Å²) in [5.41, 5.74) is 0.508. The first-order chi connectivity index (χ1) is 8.50. The van der Waals surface area contributed by atoms with Crippen LogP contribution in [0.25, 0.3) is 0 Å². The number of hydrogen-bond donors (Lipinski definition) is 1. The third-order valence-electron chi connectivity index (χ3n) is 3.37. The lowest BCUT2D eigenvalue weighted by atomic mass is 10.0. The van der Waals surface area contributed by atoms with Crippen LogP contribution < -0.4 is 0 Å². The predicted octanol–water partition coefficient (Wildman–Crippen LogP) is 3.24. The second-order valence-electron chi connectivity index (χ2n) is 5.33. The van der Waals surface area contributed by atoms with Crippen molar-refractivity contribution in [2.24, 2.45) is 5.92 Å². The van der Waals surface area contributed by atoms with Crippen molar-refractivity contribution in [2.75, 3.05) is 13.1 Å². The number of nitrogens with zero attached hydrogens (tertiary/aromatic N) is 1. The highest BCUT2D eigenvalue weighted by molar-refractivity contribution is 6.30. The zero-order chi connectivity index (χ0) is 13.3. The van der Waals surface area contributed by atoms with E-state index in [2.05, 4.69) is 18.7 Å². The molecule has 0 aromatic heterocycles. The standard InChI is InChI=1S/C14H19ClFNO/c1-9(2)8-17-7-6-12(18)14(17)10-4-3-5-11(15)13(10)16/h3-5,9,12,14,18H,6-8H2,1-2H3. The lowest BCUT2D eigenvalue weighted by Gasteiger charge is -2.28. The maximum atomic E-state index is 14.1. The number of likely N-dealkylation sites (tertiary alicyclic amines) is 1. The Morgan fingerprint density at radius 3 is 2.89 bits per heavy atom. The van der Waals surface area contributed by atoms with Crippen LogP contribution in [0, 0.1) is 11.7 Å². The summed E-state index contributed by atoms with van der Waals surface area (Å²) in [6, 6.07) is 4.72. The Bertz CT molecular complexity index is 424. The number of halogens is 2. The zero-order valence-corrected chi connectivity index (χ0v) is 11.5. The Morgan fingerprint density at radius 2 is 2.22 bits per heavy atom. The molecule has 2 rings (SSSR count). The molecule has 1 aliphatic heterocycles. The van der Waals surface area contributed by atoms with Gasteiger partial charge in [0, 0.05) is 18.7 Å². The van der Waals surface area contributed by atoms with Crippen molar-refractivity contribution in [1.29, 1.82) is 0 Å². The Morgan fingerprint density at radius 1 is 1.50 bits per heavy atom. The van der Waals surface area contributed by atoms with Gasteiger partial charge in [-0.1, -0.05) is 37.6 Å². The highest BCUT2D eigenvalue weighted by Crippen LogP contribution is 2.35. The zero-order valence-electron chi connectivity index (χ0n) is 10.7. The van der Waals surface area contributed by atoms with E-state index in [1.807, 2.05) is 0 Å². The van der Waals surface area contributed by atoms with Crippen LogP contribution in [0.2, 0.25) is 5.02 Å². The van der Waals surface area contributed by atoms with Gasteiger partial charge in [-0.25, -0.2) is 4.39 Å². The molecular weight excluding hydrogens is 253 g/mol. The molecular formula is C14H19ClFNO. The summed E-state index contributed by atoms with van der Waals surface area (Å²) in [6.45, 7) is 5.90. The van der Waals surface area contributed by atoms with E-state index in [9.17, 15) is 9.50 Å². The van der Waals surface area contributed by atoms with Gasteiger partial charge in [0.2, 0.25) is 0 Å². The minimum absolute atomic E-state index is 0.121. The average molecular weight is 272 g/mol. The fourth-order valence-corrected chi connectivity index (χ4v) is 2.85. The Kier molecular flexibility index (Phi) is 4.25. The Hall–Kier alpha value is -0.640. The van der Waals surface area contributed by atoms with E-state index in [4.69, 9.17) is 11.6 Å². The highest BCUT2D eigenvalue weighted by Gasteiger charge is 2.36. The fraction of sp³-hybridized carbons (Fsp3) is 0.571. The second kappa shape index (κ2) is 5.55. The van der Waals surface area contributed by atoms with Gasteiger partial charge in [-0.05, 0) is 18.4 Å². The molecule has 0 saturated carbocycles. The van der Waals surface area contributed by atoms with Crippen molar-refractivity contribution >= 4 is 11.6 Å². The van der Waals surface area contributed by atoms with E-state index in [0.29, 0.717) is 17.9 Å². The van der Waals surface area contributed by atoms with E-state index >= 15 is 0 Å². The van der Waals surface area contributed by atoms with Gasteiger partial charge in [0.15, 0.2) is 0 Å². The summed E-state index contributed by atoms with van der Waals surface area (Å²) >= 11 is 5.82. The van der Waals surface area contributed by atoms with Crippen molar-refractivity contribution in [3.8, 4) is 0 Å². The minimum Gasteiger partial charge on any atom is -0.391 e. The van der Waals surface area contributed by atoms with Crippen LogP contribution in [0.4, 0.5) is 4.39 Å². The molecule has 1 aliphatic rings. The van der Waals surface area contributed by atoms with E-state index in [-0.39, 0.29) is 11.1 Å². The van der Waals surface area contributed by atoms with Gasteiger partial charge >= 0.3 is 0 Å². The summed E-state index contributed by atoms with van der Waals surface area (Å²) in [6.07, 6.45) is 0.167. The molecule has 1 fully saturated rings. The summed E-state index contributed by atoms with van der Waals surface area (Å²) in [5, 5.41) is 10.2. The molecule has 2 unspecified atom stereocenters. The van der Waals surface area contributed by atoms with Crippen LogP contribution in [-0.2, 0) is 0 Å². The van der Waals surface area contributed by atoms with Gasteiger partial charge in [-0.2, -0.15) is 0 Å². The average Bonchev–Trinajstić information content (AvgIpc) is 2.63. The largest absolute Gasteiger partial charge is 0.391 e. The van der Waals surface area contributed by atoms with Crippen molar-refractivity contribution < 1.29 is 9.50 Å². The smallest absolute Gasteiger partial charge is 0.146 e. The number of benzene rings is 1. The molecule has 0 amide bonds. The molecule has 0 spiro atoms. The molecule has 1 heterocycles. The first kappa shape index (κ1) is 13.8. The quantitative estimate of drug-likeness (QED) is 0.912. The van der Waals surface area contributed by atoms with E-state index < -0.39 is 11.9 Å². The van der Waals surface area contributed by atoms with Gasteiger partial charge in [0.1, 0.15) is 5.82 Å². The molecule has 1 aromatic rings. The second-order valence-corrected chi connectivity index (χ2v) is 5.74. The molecule has 0 radical (unpaired) electrons. The molecule has 1 aromatic carbocycles. The number of hydrogen-bond acceptors (Lipinski definition) is 2. The third-order valence-corrected chi connectivity index (χ3v) is 3.66. The molecule has 0 bridgehead atoms. The van der Waals surface area contributed by atoms with Crippen molar-refractivity contribution in [3.05, 3.63) is 34.6 Å². The molecule has 2 atom stereocenters. The van der Waals surface area contributed by atoms with Crippen molar-refractivity contribution in [1.82, 2.24) is 4.90 Å². The summed E-state index contributed by atoms with van der Waals surface area (Å²) in [4.78, 5) is 2.14. The van der Waals surface area contributed by atoms with Crippen molar-refractivity contribution in [3.63, 3.8) is 0 Å². The molecule has 100 valence electrons. The summed E-state index contributed by atoms with van der Waals surface area (Å²) < 4.78 is 14.1. The first-order valence-corrected chi connectivity index (χ1v) is 6.74. The molecule has 0 aliphatic carbocycles. The molecule has 18 heavy (non-hydrogen) atoms. The molecule has 2 nitrogen and oxygen atoms in total. The van der Waals surface area contributed by atoms with E-state index in [1.54, 1.807) is 12.1 Å². The lowest BCUT2D eigenvalue weighted by molar-refractivity contribution is 0.108. The number of aliphatic hydroxyl groups excluding tert-OH is 1. The fourth-order valence-electron chi connectivity index (χ4n) is 2.67. The maximum absolute atomic E-state index is 14.1. The highest BCUT2D eigenvalue weighted by atomic mass is 35.5. The molecule has 1 saturated heterocycles. The van der Waals surface area contributed by atoms with Gasteiger partial charge in [0.25, 0.3) is 0 Å². The van der Waals surface area contributed by atoms with Gasteiger partial charge < -0.3 is 5.11 Å². The van der Waals surface area contributed by atoms with Crippen molar-refractivity contribution in [2.45, 2.75) is 32.4 Å². The number of aliphatic hydroxyl groups is 1. The monoisotopic (exact) mass is 271 g/mol. The van der Waals surface area contributed by atoms with Crippen LogP contribution in [0.15, 0.2) is 18.2 Å². The van der Waals surface area contributed by atoms with Gasteiger partial charge in [-0.15, -0.1) is 0 Å². The van der Waals surface area contributed by atoms with Gasteiger partial charge in [-0.3, -0.25) is 4.90 Å². The molecule has 4 heteroatoms. The summed E-state index contributed by atoms with van der Waals surface area (Å²) in [7, 11) is 0. The first-order valence-electron chi connectivity index (χ1n) is 6.36. The Balaban J connectivity index is 2.31. The minimum atomic E-state index is -0.517. The van der Waals surface area contributed by atoms with Gasteiger partial charge in [0.05, 0.1) is 17.2 Å². The lowest BCUT2D eigenvalue weighted by Crippen LogP contribution is -2.31.